The molecular formula is C10H9BrN2O. The molecule has 1 aromatic rings. The lowest BCUT2D eigenvalue weighted by Gasteiger charge is -2.03. The van der Waals surface area contributed by atoms with Crippen LogP contribution in [0.4, 0.5) is 0 Å². The molecule has 0 saturated heterocycles. The molecule has 0 atom stereocenters. The van der Waals surface area contributed by atoms with Crippen molar-refractivity contribution in [2.24, 2.45) is 0 Å². The lowest BCUT2D eigenvalue weighted by atomic mass is 10.1. The van der Waals surface area contributed by atoms with E-state index in [4.69, 9.17) is 5.26 Å². The molecule has 1 aromatic carbocycles. The fourth-order valence-electron chi connectivity index (χ4n) is 1.05. The van der Waals surface area contributed by atoms with Crippen molar-refractivity contribution in [3.63, 3.8) is 0 Å². The molecule has 0 radical (unpaired) electrons. The quantitative estimate of drug-likeness (QED) is 0.832. The minimum atomic E-state index is -0.586. The highest BCUT2D eigenvalue weighted by Gasteiger charge is 1.99. The zero-order valence-corrected chi connectivity index (χ0v) is 9.04. The van der Waals surface area contributed by atoms with Crippen LogP contribution in [-0.4, -0.2) is 12.5 Å². The van der Waals surface area contributed by atoms with Crippen molar-refractivity contribution in [2.75, 3.05) is 6.54 Å². The standard InChI is InChI=1S/C10H9BrN2O/c11-9-4-2-1-3-8(9)5-6-13-10(14)7-12/h1-4H,5-6H2,(H,13,14). The Labute approximate surface area is 90.9 Å². The molecule has 0 spiro atoms. The molecule has 0 saturated carbocycles. The van der Waals surface area contributed by atoms with E-state index in [1.807, 2.05) is 24.3 Å². The van der Waals surface area contributed by atoms with E-state index in [1.165, 1.54) is 6.07 Å². The predicted octanol–water partition coefficient (Wildman–Crippen LogP) is 1.63. The van der Waals surface area contributed by atoms with Crippen molar-refractivity contribution in [1.82, 2.24) is 5.32 Å². The van der Waals surface area contributed by atoms with Gasteiger partial charge in [0.25, 0.3) is 0 Å². The van der Waals surface area contributed by atoms with Crippen molar-refractivity contribution < 1.29 is 4.79 Å². The first kappa shape index (κ1) is 10.7. The normalized spacial score (nSPS) is 9.14. The topological polar surface area (TPSA) is 52.9 Å². The third kappa shape index (κ3) is 3.19. The molecule has 72 valence electrons. The minimum absolute atomic E-state index is 0.481. The maximum absolute atomic E-state index is 10.6. The van der Waals surface area contributed by atoms with E-state index in [1.54, 1.807) is 0 Å². The molecule has 0 fully saturated rings. The van der Waals surface area contributed by atoms with Gasteiger partial charge >= 0.3 is 5.91 Å². The number of nitrogens with one attached hydrogen (secondary N) is 1. The number of carbonyl (C=O) groups is 1. The smallest absolute Gasteiger partial charge is 0.322 e. The van der Waals surface area contributed by atoms with Crippen LogP contribution in [0.1, 0.15) is 5.56 Å². The van der Waals surface area contributed by atoms with Gasteiger partial charge < -0.3 is 5.32 Å². The third-order valence-electron chi connectivity index (χ3n) is 1.74. The highest BCUT2D eigenvalue weighted by molar-refractivity contribution is 9.10. The average molecular weight is 253 g/mol. The Balaban J connectivity index is 2.43. The van der Waals surface area contributed by atoms with E-state index < -0.39 is 5.91 Å². The molecular weight excluding hydrogens is 244 g/mol. The summed E-state index contributed by atoms with van der Waals surface area (Å²) in [6.45, 7) is 0.481. The maximum atomic E-state index is 10.6. The molecule has 0 aliphatic heterocycles. The van der Waals surface area contributed by atoms with E-state index in [-0.39, 0.29) is 0 Å². The second kappa shape index (κ2) is 5.40. The van der Waals surface area contributed by atoms with E-state index >= 15 is 0 Å². The number of carbonyl (C=O) groups excluding carboxylic acids is 1. The molecule has 3 nitrogen and oxygen atoms in total. The summed E-state index contributed by atoms with van der Waals surface area (Å²) in [5, 5.41) is 10.7. The average Bonchev–Trinajstić information content (AvgIpc) is 2.20. The zero-order chi connectivity index (χ0) is 10.4. The lowest BCUT2D eigenvalue weighted by Crippen LogP contribution is -2.23. The van der Waals surface area contributed by atoms with Gasteiger partial charge in [0.15, 0.2) is 6.07 Å². The molecule has 0 heterocycles. The van der Waals surface area contributed by atoms with Gasteiger partial charge in [0.1, 0.15) is 0 Å². The van der Waals surface area contributed by atoms with Crippen molar-refractivity contribution in [3.05, 3.63) is 34.3 Å². The zero-order valence-electron chi connectivity index (χ0n) is 7.46. The van der Waals surface area contributed by atoms with Gasteiger partial charge in [-0.25, -0.2) is 0 Å². The highest BCUT2D eigenvalue weighted by atomic mass is 79.9. The van der Waals surface area contributed by atoms with Crippen LogP contribution in [0.15, 0.2) is 28.7 Å². The van der Waals surface area contributed by atoms with Crippen LogP contribution in [0.5, 0.6) is 0 Å². The number of nitrogens with zero attached hydrogens (tertiary/aromatic N) is 1. The molecule has 1 amide bonds. The summed E-state index contributed by atoms with van der Waals surface area (Å²) in [5.41, 5.74) is 1.12. The predicted molar refractivity (Wildman–Crippen MR) is 56.5 cm³/mol. The summed E-state index contributed by atoms with van der Waals surface area (Å²) in [4.78, 5) is 10.6. The van der Waals surface area contributed by atoms with Crippen molar-refractivity contribution in [3.8, 4) is 6.07 Å². The van der Waals surface area contributed by atoms with Crippen LogP contribution in [0.3, 0.4) is 0 Å². The molecule has 0 aliphatic carbocycles. The lowest BCUT2D eigenvalue weighted by molar-refractivity contribution is -0.115. The molecule has 14 heavy (non-hydrogen) atoms. The summed E-state index contributed by atoms with van der Waals surface area (Å²) >= 11 is 3.40. The Morgan fingerprint density at radius 2 is 2.21 bits per heavy atom. The second-order valence-electron chi connectivity index (χ2n) is 2.71. The Morgan fingerprint density at radius 1 is 1.50 bits per heavy atom. The van der Waals surface area contributed by atoms with Crippen LogP contribution in [0.25, 0.3) is 0 Å². The number of halogens is 1. The first-order valence-corrected chi connectivity index (χ1v) is 4.94. The monoisotopic (exact) mass is 252 g/mol. The van der Waals surface area contributed by atoms with Gasteiger partial charge in [0.05, 0.1) is 0 Å². The van der Waals surface area contributed by atoms with Gasteiger partial charge in [-0.2, -0.15) is 5.26 Å². The van der Waals surface area contributed by atoms with E-state index in [0.29, 0.717) is 6.54 Å². The van der Waals surface area contributed by atoms with Gasteiger partial charge in [0, 0.05) is 11.0 Å². The first-order valence-electron chi connectivity index (χ1n) is 4.15. The molecule has 0 bridgehead atoms. The van der Waals surface area contributed by atoms with Crippen molar-refractivity contribution in [1.29, 1.82) is 5.26 Å². The fraction of sp³-hybridized carbons (Fsp3) is 0.200. The van der Waals surface area contributed by atoms with Crippen molar-refractivity contribution >= 4 is 21.8 Å². The summed E-state index contributed by atoms with van der Waals surface area (Å²) in [5.74, 6) is -0.586. The fourth-order valence-corrected chi connectivity index (χ4v) is 1.53. The van der Waals surface area contributed by atoms with Crippen molar-refractivity contribution in [2.45, 2.75) is 6.42 Å². The summed E-state index contributed by atoms with van der Waals surface area (Å²) < 4.78 is 1.02. The van der Waals surface area contributed by atoms with Gasteiger partial charge in [-0.1, -0.05) is 34.1 Å². The van der Waals surface area contributed by atoms with Gasteiger partial charge in [-0.15, -0.1) is 0 Å². The Hall–Kier alpha value is -1.34. The number of hydrogen-bond donors (Lipinski definition) is 1. The Kier molecular flexibility index (Phi) is 4.14. The third-order valence-corrected chi connectivity index (χ3v) is 2.51. The van der Waals surface area contributed by atoms with Gasteiger partial charge in [0.2, 0.25) is 0 Å². The number of rotatable bonds is 3. The highest BCUT2D eigenvalue weighted by Crippen LogP contribution is 2.15. The number of hydrogen-bond acceptors (Lipinski definition) is 2. The van der Waals surface area contributed by atoms with Crippen LogP contribution >= 0.6 is 15.9 Å². The van der Waals surface area contributed by atoms with Crippen LogP contribution in [0, 0.1) is 11.3 Å². The maximum Gasteiger partial charge on any atom is 0.322 e. The largest absolute Gasteiger partial charge is 0.343 e. The summed E-state index contributed by atoms with van der Waals surface area (Å²) in [7, 11) is 0. The first-order chi connectivity index (χ1) is 6.74. The van der Waals surface area contributed by atoms with Crippen LogP contribution in [0.2, 0.25) is 0 Å². The minimum Gasteiger partial charge on any atom is -0.343 e. The molecule has 0 unspecified atom stereocenters. The number of benzene rings is 1. The van der Waals surface area contributed by atoms with Crippen LogP contribution in [-0.2, 0) is 11.2 Å². The Bertz CT molecular complexity index is 371. The molecule has 0 aromatic heterocycles. The molecule has 4 heteroatoms. The molecule has 0 aliphatic rings. The Morgan fingerprint density at radius 3 is 2.86 bits per heavy atom. The summed E-state index contributed by atoms with van der Waals surface area (Å²) in [6, 6.07) is 9.29. The summed E-state index contributed by atoms with van der Waals surface area (Å²) in [6.07, 6.45) is 0.717. The number of amides is 1. The van der Waals surface area contributed by atoms with Crippen LogP contribution < -0.4 is 5.32 Å². The van der Waals surface area contributed by atoms with Gasteiger partial charge in [-0.3, -0.25) is 4.79 Å². The SMILES string of the molecule is N#CC(=O)NCCc1ccccc1Br. The van der Waals surface area contributed by atoms with E-state index in [9.17, 15) is 4.79 Å². The van der Waals surface area contributed by atoms with E-state index in [2.05, 4.69) is 21.2 Å². The van der Waals surface area contributed by atoms with Gasteiger partial charge in [-0.05, 0) is 18.1 Å². The molecule has 1 rings (SSSR count). The second-order valence-corrected chi connectivity index (χ2v) is 3.56. The van der Waals surface area contributed by atoms with E-state index in [0.717, 1.165) is 16.5 Å². The number of nitriles is 1. The molecule has 1 N–H and O–H groups in total.